The molecule has 1 aromatic rings. The fourth-order valence-electron chi connectivity index (χ4n) is 3.30. The van der Waals surface area contributed by atoms with Crippen LogP contribution in [0.3, 0.4) is 0 Å². The molecule has 1 N–H and O–H groups in total. The van der Waals surface area contributed by atoms with Crippen LogP contribution in [0.1, 0.15) is 51.0 Å². The van der Waals surface area contributed by atoms with Crippen molar-refractivity contribution in [2.75, 3.05) is 14.2 Å². The highest BCUT2D eigenvalue weighted by atomic mass is 16.5. The van der Waals surface area contributed by atoms with Gasteiger partial charge in [-0.1, -0.05) is 19.8 Å². The SMILES string of the molecule is CCCC1CCC(O)(c2cc(OC)ccc2OC)CC1. The molecule has 1 saturated carbocycles. The van der Waals surface area contributed by atoms with Crippen molar-refractivity contribution in [3.05, 3.63) is 23.8 Å². The molecule has 0 heterocycles. The zero-order valence-electron chi connectivity index (χ0n) is 12.8. The molecule has 1 fully saturated rings. The quantitative estimate of drug-likeness (QED) is 0.888. The Bertz CT molecular complexity index is 434. The van der Waals surface area contributed by atoms with Crippen molar-refractivity contribution >= 4 is 0 Å². The summed E-state index contributed by atoms with van der Waals surface area (Å²) in [6, 6.07) is 5.66. The number of rotatable bonds is 5. The molecule has 112 valence electrons. The monoisotopic (exact) mass is 278 g/mol. The summed E-state index contributed by atoms with van der Waals surface area (Å²) in [5, 5.41) is 11.0. The topological polar surface area (TPSA) is 38.7 Å². The van der Waals surface area contributed by atoms with Crippen molar-refractivity contribution in [2.24, 2.45) is 5.92 Å². The van der Waals surface area contributed by atoms with Gasteiger partial charge >= 0.3 is 0 Å². The molecule has 0 unspecified atom stereocenters. The van der Waals surface area contributed by atoms with Crippen molar-refractivity contribution < 1.29 is 14.6 Å². The van der Waals surface area contributed by atoms with E-state index in [1.165, 1.54) is 12.8 Å². The Morgan fingerprint density at radius 1 is 1.20 bits per heavy atom. The maximum absolute atomic E-state index is 11.0. The second-order valence-corrected chi connectivity index (χ2v) is 5.83. The smallest absolute Gasteiger partial charge is 0.125 e. The van der Waals surface area contributed by atoms with E-state index in [0.717, 1.165) is 48.7 Å². The standard InChI is InChI=1S/C17H26O3/c1-4-5-13-8-10-17(18,11-9-13)15-12-14(19-2)6-7-16(15)20-3/h6-7,12-13,18H,4-5,8-11H2,1-3H3. The fraction of sp³-hybridized carbons (Fsp3) is 0.647. The van der Waals surface area contributed by atoms with E-state index in [9.17, 15) is 5.11 Å². The van der Waals surface area contributed by atoms with Crippen molar-refractivity contribution in [3.8, 4) is 11.5 Å². The first-order chi connectivity index (χ1) is 9.62. The highest BCUT2D eigenvalue weighted by Gasteiger charge is 2.36. The third-order valence-electron chi connectivity index (χ3n) is 4.54. The number of aliphatic hydroxyl groups is 1. The Morgan fingerprint density at radius 3 is 2.45 bits per heavy atom. The van der Waals surface area contributed by atoms with E-state index in [0.29, 0.717) is 0 Å². The van der Waals surface area contributed by atoms with Gasteiger partial charge in [0.15, 0.2) is 0 Å². The first kappa shape index (κ1) is 15.2. The van der Waals surface area contributed by atoms with E-state index >= 15 is 0 Å². The van der Waals surface area contributed by atoms with E-state index in [4.69, 9.17) is 9.47 Å². The average Bonchev–Trinajstić information content (AvgIpc) is 2.49. The molecule has 0 bridgehead atoms. The van der Waals surface area contributed by atoms with Crippen LogP contribution in [0.2, 0.25) is 0 Å². The second kappa shape index (κ2) is 6.49. The number of methoxy groups -OCH3 is 2. The zero-order valence-corrected chi connectivity index (χ0v) is 12.8. The van der Waals surface area contributed by atoms with Crippen molar-refractivity contribution in [1.82, 2.24) is 0 Å². The Kier molecular flexibility index (Phi) is 4.92. The maximum Gasteiger partial charge on any atom is 0.125 e. The molecule has 2 rings (SSSR count). The van der Waals surface area contributed by atoms with Gasteiger partial charge in [0.25, 0.3) is 0 Å². The van der Waals surface area contributed by atoms with Crippen LogP contribution in [0.4, 0.5) is 0 Å². The molecule has 0 aliphatic heterocycles. The normalized spacial score (nSPS) is 26.3. The van der Waals surface area contributed by atoms with Gasteiger partial charge in [0.2, 0.25) is 0 Å². The van der Waals surface area contributed by atoms with Crippen LogP contribution in [0.5, 0.6) is 11.5 Å². The summed E-state index contributed by atoms with van der Waals surface area (Å²) in [4.78, 5) is 0. The molecule has 0 saturated heterocycles. The van der Waals surface area contributed by atoms with E-state index in [1.54, 1.807) is 14.2 Å². The molecule has 0 atom stereocenters. The lowest BCUT2D eigenvalue weighted by atomic mass is 9.74. The molecule has 20 heavy (non-hydrogen) atoms. The van der Waals surface area contributed by atoms with Crippen LogP contribution in [0.25, 0.3) is 0 Å². The first-order valence-electron chi connectivity index (χ1n) is 7.58. The summed E-state index contributed by atoms with van der Waals surface area (Å²) in [6.45, 7) is 2.23. The molecule has 3 nitrogen and oxygen atoms in total. The summed E-state index contributed by atoms with van der Waals surface area (Å²) in [7, 11) is 3.30. The molecule has 0 radical (unpaired) electrons. The Hall–Kier alpha value is -1.22. The highest BCUT2D eigenvalue weighted by Crippen LogP contribution is 2.44. The third-order valence-corrected chi connectivity index (χ3v) is 4.54. The minimum absolute atomic E-state index is 0.752. The molecule has 3 heteroatoms. The zero-order chi connectivity index (χ0) is 14.6. The van der Waals surface area contributed by atoms with Crippen LogP contribution in [0, 0.1) is 5.92 Å². The predicted octanol–water partition coefficient (Wildman–Crippen LogP) is 3.88. The van der Waals surface area contributed by atoms with E-state index < -0.39 is 5.60 Å². The van der Waals surface area contributed by atoms with Gasteiger partial charge in [-0.2, -0.15) is 0 Å². The summed E-state index contributed by atoms with van der Waals surface area (Å²) >= 11 is 0. The Balaban J connectivity index is 2.21. The van der Waals surface area contributed by atoms with Gasteiger partial charge in [0.05, 0.1) is 19.8 Å². The molecule has 1 aliphatic rings. The minimum Gasteiger partial charge on any atom is -0.497 e. The van der Waals surface area contributed by atoms with Crippen LogP contribution < -0.4 is 9.47 Å². The van der Waals surface area contributed by atoms with E-state index in [-0.39, 0.29) is 0 Å². The molecule has 0 amide bonds. The van der Waals surface area contributed by atoms with Gasteiger partial charge in [0, 0.05) is 5.56 Å². The molecular formula is C17H26O3. The van der Waals surface area contributed by atoms with Crippen molar-refractivity contribution in [2.45, 2.75) is 51.0 Å². The van der Waals surface area contributed by atoms with Gasteiger partial charge in [0.1, 0.15) is 11.5 Å². The lowest BCUT2D eigenvalue weighted by Gasteiger charge is -2.37. The van der Waals surface area contributed by atoms with E-state index in [2.05, 4.69) is 6.92 Å². The van der Waals surface area contributed by atoms with Gasteiger partial charge in [-0.05, 0) is 49.8 Å². The minimum atomic E-state index is -0.774. The van der Waals surface area contributed by atoms with Crippen LogP contribution >= 0.6 is 0 Å². The fourth-order valence-corrected chi connectivity index (χ4v) is 3.30. The Labute approximate surface area is 121 Å². The van der Waals surface area contributed by atoms with Crippen molar-refractivity contribution in [3.63, 3.8) is 0 Å². The summed E-state index contributed by atoms with van der Waals surface area (Å²) < 4.78 is 10.7. The Morgan fingerprint density at radius 2 is 1.90 bits per heavy atom. The lowest BCUT2D eigenvalue weighted by Crippen LogP contribution is -2.32. The summed E-state index contributed by atoms with van der Waals surface area (Å²) in [5.41, 5.74) is 0.0960. The van der Waals surface area contributed by atoms with Gasteiger partial charge in [-0.3, -0.25) is 0 Å². The van der Waals surface area contributed by atoms with E-state index in [1.807, 2.05) is 18.2 Å². The first-order valence-corrected chi connectivity index (χ1v) is 7.58. The number of benzene rings is 1. The molecule has 0 spiro atoms. The molecular weight excluding hydrogens is 252 g/mol. The largest absolute Gasteiger partial charge is 0.497 e. The third kappa shape index (κ3) is 3.09. The van der Waals surface area contributed by atoms with Crippen molar-refractivity contribution in [1.29, 1.82) is 0 Å². The summed E-state index contributed by atoms with van der Waals surface area (Å²) in [6.07, 6.45) is 6.29. The lowest BCUT2D eigenvalue weighted by molar-refractivity contribution is -0.0171. The number of ether oxygens (including phenoxy) is 2. The second-order valence-electron chi connectivity index (χ2n) is 5.83. The maximum atomic E-state index is 11.0. The predicted molar refractivity (Wildman–Crippen MR) is 80.3 cm³/mol. The summed E-state index contributed by atoms with van der Waals surface area (Å²) in [5.74, 6) is 2.28. The molecule has 1 aromatic carbocycles. The number of hydrogen-bond acceptors (Lipinski definition) is 3. The van der Waals surface area contributed by atoms with Gasteiger partial charge < -0.3 is 14.6 Å². The van der Waals surface area contributed by atoms with Crippen LogP contribution in [0.15, 0.2) is 18.2 Å². The molecule has 1 aliphatic carbocycles. The average molecular weight is 278 g/mol. The molecule has 0 aromatic heterocycles. The van der Waals surface area contributed by atoms with Crippen LogP contribution in [-0.2, 0) is 5.60 Å². The van der Waals surface area contributed by atoms with Gasteiger partial charge in [-0.25, -0.2) is 0 Å². The number of hydrogen-bond donors (Lipinski definition) is 1. The van der Waals surface area contributed by atoms with Gasteiger partial charge in [-0.15, -0.1) is 0 Å². The highest BCUT2D eigenvalue weighted by molar-refractivity contribution is 5.44. The van der Waals surface area contributed by atoms with Crippen LogP contribution in [-0.4, -0.2) is 19.3 Å².